The monoisotopic (exact) mass is 342 g/mol. The molecule has 0 aromatic heterocycles. The van der Waals surface area contributed by atoms with Crippen molar-refractivity contribution in [1.29, 1.82) is 0 Å². The largest absolute Gasteiger partial charge is 0.349 e. The van der Waals surface area contributed by atoms with Crippen LogP contribution in [0, 0.1) is 5.82 Å². The number of hydrogen-bond acceptors (Lipinski definition) is 2. The molecule has 108 valence electrons. The first kappa shape index (κ1) is 15.0. The van der Waals surface area contributed by atoms with Gasteiger partial charge in [-0.2, -0.15) is 0 Å². The number of hydrogen-bond donors (Lipinski definition) is 1. The summed E-state index contributed by atoms with van der Waals surface area (Å²) in [5, 5.41) is 2.88. The van der Waals surface area contributed by atoms with Crippen LogP contribution >= 0.6 is 15.9 Å². The molecule has 1 fully saturated rings. The standard InChI is InChI=1S/C14H16BrFN2O2/c1-9(19)18-6-4-11(5-7-18)17-14(20)10-2-3-12(15)13(16)8-10/h2-3,8,11H,4-7H2,1H3,(H,17,20). The molecule has 0 aliphatic carbocycles. The van der Waals surface area contributed by atoms with Gasteiger partial charge in [-0.3, -0.25) is 9.59 Å². The fourth-order valence-electron chi connectivity index (χ4n) is 2.24. The van der Waals surface area contributed by atoms with Gasteiger partial charge in [0.15, 0.2) is 0 Å². The van der Waals surface area contributed by atoms with Crippen molar-refractivity contribution in [2.45, 2.75) is 25.8 Å². The van der Waals surface area contributed by atoms with E-state index in [1.165, 1.54) is 12.1 Å². The zero-order valence-electron chi connectivity index (χ0n) is 11.2. The van der Waals surface area contributed by atoms with Crippen molar-refractivity contribution in [2.75, 3.05) is 13.1 Å². The molecule has 6 heteroatoms. The van der Waals surface area contributed by atoms with E-state index in [0.29, 0.717) is 23.1 Å². The first-order valence-electron chi connectivity index (χ1n) is 6.49. The Labute approximate surface area is 125 Å². The number of nitrogens with one attached hydrogen (secondary N) is 1. The van der Waals surface area contributed by atoms with Crippen LogP contribution in [0.25, 0.3) is 0 Å². The van der Waals surface area contributed by atoms with E-state index < -0.39 is 5.82 Å². The van der Waals surface area contributed by atoms with Gasteiger partial charge in [0, 0.05) is 31.6 Å². The van der Waals surface area contributed by atoms with Crippen LogP contribution in [0.2, 0.25) is 0 Å². The first-order valence-corrected chi connectivity index (χ1v) is 7.28. The Hall–Kier alpha value is -1.43. The lowest BCUT2D eigenvalue weighted by Gasteiger charge is -2.31. The Bertz CT molecular complexity index is 528. The fraction of sp³-hybridized carbons (Fsp3) is 0.429. The van der Waals surface area contributed by atoms with Gasteiger partial charge in [-0.1, -0.05) is 0 Å². The van der Waals surface area contributed by atoms with Crippen molar-refractivity contribution < 1.29 is 14.0 Å². The molecule has 20 heavy (non-hydrogen) atoms. The second-order valence-corrected chi connectivity index (χ2v) is 5.74. The third-order valence-corrected chi connectivity index (χ3v) is 4.10. The minimum Gasteiger partial charge on any atom is -0.349 e. The molecule has 0 unspecified atom stereocenters. The molecule has 0 atom stereocenters. The van der Waals surface area contributed by atoms with Crippen LogP contribution in [0.3, 0.4) is 0 Å². The molecule has 1 aromatic rings. The molecule has 1 N–H and O–H groups in total. The summed E-state index contributed by atoms with van der Waals surface area (Å²) in [5.74, 6) is -0.675. The maximum Gasteiger partial charge on any atom is 0.251 e. The van der Waals surface area contributed by atoms with Crippen LogP contribution in [-0.4, -0.2) is 35.8 Å². The van der Waals surface area contributed by atoms with Crippen LogP contribution in [-0.2, 0) is 4.79 Å². The highest BCUT2D eigenvalue weighted by Gasteiger charge is 2.22. The van der Waals surface area contributed by atoms with Gasteiger partial charge < -0.3 is 10.2 Å². The molecule has 0 radical (unpaired) electrons. The van der Waals surface area contributed by atoms with Gasteiger partial charge >= 0.3 is 0 Å². The molecule has 1 saturated heterocycles. The number of nitrogens with zero attached hydrogens (tertiary/aromatic N) is 1. The average molecular weight is 343 g/mol. The zero-order valence-corrected chi connectivity index (χ0v) is 12.7. The summed E-state index contributed by atoms with van der Waals surface area (Å²) < 4.78 is 13.7. The van der Waals surface area contributed by atoms with E-state index in [-0.39, 0.29) is 17.9 Å². The number of rotatable bonds is 2. The summed E-state index contributed by atoms with van der Waals surface area (Å²) in [4.78, 5) is 25.0. The van der Waals surface area contributed by atoms with E-state index in [1.54, 1.807) is 17.9 Å². The Kier molecular flexibility index (Phi) is 4.75. The predicted molar refractivity (Wildman–Crippen MR) is 76.8 cm³/mol. The van der Waals surface area contributed by atoms with Crippen LogP contribution in [0.15, 0.2) is 22.7 Å². The summed E-state index contributed by atoms with van der Waals surface area (Å²) in [5.41, 5.74) is 0.305. The topological polar surface area (TPSA) is 49.4 Å². The second kappa shape index (κ2) is 6.35. The summed E-state index contributed by atoms with van der Waals surface area (Å²) >= 11 is 3.05. The van der Waals surface area contributed by atoms with E-state index in [2.05, 4.69) is 21.2 Å². The third kappa shape index (κ3) is 3.56. The highest BCUT2D eigenvalue weighted by atomic mass is 79.9. The molecular formula is C14H16BrFN2O2. The molecule has 4 nitrogen and oxygen atoms in total. The third-order valence-electron chi connectivity index (χ3n) is 3.46. The van der Waals surface area contributed by atoms with Gasteiger partial charge in [-0.05, 0) is 47.0 Å². The maximum absolute atomic E-state index is 13.4. The minimum atomic E-state index is -0.455. The lowest BCUT2D eigenvalue weighted by atomic mass is 10.0. The van der Waals surface area contributed by atoms with Crippen molar-refractivity contribution in [2.24, 2.45) is 0 Å². The van der Waals surface area contributed by atoms with Crippen molar-refractivity contribution >= 4 is 27.7 Å². The molecule has 1 aromatic carbocycles. The highest BCUT2D eigenvalue weighted by molar-refractivity contribution is 9.10. The smallest absolute Gasteiger partial charge is 0.251 e. The van der Waals surface area contributed by atoms with Crippen LogP contribution in [0.1, 0.15) is 30.1 Å². The molecule has 0 saturated carbocycles. The molecule has 1 aliphatic rings. The van der Waals surface area contributed by atoms with Crippen molar-refractivity contribution in [3.8, 4) is 0 Å². The lowest BCUT2D eigenvalue weighted by molar-refractivity contribution is -0.129. The Morgan fingerprint density at radius 3 is 2.55 bits per heavy atom. The highest BCUT2D eigenvalue weighted by Crippen LogP contribution is 2.17. The average Bonchev–Trinajstić information content (AvgIpc) is 2.42. The van der Waals surface area contributed by atoms with Gasteiger partial charge in [0.05, 0.1) is 4.47 Å². The normalized spacial score (nSPS) is 16.1. The lowest BCUT2D eigenvalue weighted by Crippen LogP contribution is -2.46. The van der Waals surface area contributed by atoms with E-state index in [0.717, 1.165) is 12.8 Å². The summed E-state index contributed by atoms with van der Waals surface area (Å²) in [7, 11) is 0. The molecule has 2 rings (SSSR count). The van der Waals surface area contributed by atoms with Gasteiger partial charge in [-0.25, -0.2) is 4.39 Å². The van der Waals surface area contributed by atoms with E-state index in [1.807, 2.05) is 0 Å². The Balaban J connectivity index is 1.92. The van der Waals surface area contributed by atoms with Crippen molar-refractivity contribution in [1.82, 2.24) is 10.2 Å². The summed E-state index contributed by atoms with van der Waals surface area (Å²) in [6, 6.07) is 4.34. The van der Waals surface area contributed by atoms with Crippen LogP contribution in [0.5, 0.6) is 0 Å². The summed E-state index contributed by atoms with van der Waals surface area (Å²) in [6.45, 7) is 2.84. The molecule has 1 aliphatic heterocycles. The van der Waals surface area contributed by atoms with E-state index in [9.17, 15) is 14.0 Å². The molecule has 0 bridgehead atoms. The Morgan fingerprint density at radius 2 is 2.00 bits per heavy atom. The molecule has 1 heterocycles. The number of carbonyl (C=O) groups is 2. The van der Waals surface area contributed by atoms with Crippen molar-refractivity contribution in [3.05, 3.63) is 34.1 Å². The number of piperidine rings is 1. The number of amides is 2. The maximum atomic E-state index is 13.4. The Morgan fingerprint density at radius 1 is 1.35 bits per heavy atom. The first-order chi connectivity index (χ1) is 9.47. The second-order valence-electron chi connectivity index (χ2n) is 4.88. The molecule has 2 amide bonds. The van der Waals surface area contributed by atoms with Crippen molar-refractivity contribution in [3.63, 3.8) is 0 Å². The predicted octanol–water partition coefficient (Wildman–Crippen LogP) is 2.33. The number of halogens is 2. The van der Waals surface area contributed by atoms with Crippen LogP contribution in [0.4, 0.5) is 4.39 Å². The fourth-order valence-corrected chi connectivity index (χ4v) is 2.49. The van der Waals surface area contributed by atoms with Gasteiger partial charge in [0.2, 0.25) is 5.91 Å². The van der Waals surface area contributed by atoms with Crippen LogP contribution < -0.4 is 5.32 Å². The number of benzene rings is 1. The van der Waals surface area contributed by atoms with E-state index >= 15 is 0 Å². The number of carbonyl (C=O) groups excluding carboxylic acids is 2. The summed E-state index contributed by atoms with van der Waals surface area (Å²) in [6.07, 6.45) is 1.45. The molecule has 0 spiro atoms. The minimum absolute atomic E-state index is 0.0322. The van der Waals surface area contributed by atoms with Gasteiger partial charge in [0.25, 0.3) is 5.91 Å². The quantitative estimate of drug-likeness (QED) is 0.896. The number of likely N-dealkylation sites (tertiary alicyclic amines) is 1. The molecular weight excluding hydrogens is 327 g/mol. The van der Waals surface area contributed by atoms with Gasteiger partial charge in [-0.15, -0.1) is 0 Å². The zero-order chi connectivity index (χ0) is 14.7. The van der Waals surface area contributed by atoms with Gasteiger partial charge in [0.1, 0.15) is 5.82 Å². The van der Waals surface area contributed by atoms with E-state index in [4.69, 9.17) is 0 Å². The SMILES string of the molecule is CC(=O)N1CCC(NC(=O)c2ccc(Br)c(F)c2)CC1.